The lowest BCUT2D eigenvalue weighted by Crippen LogP contribution is -2.31. The largest absolute Gasteiger partial charge is 0.478 e. The minimum Gasteiger partial charge on any atom is -0.478 e. The highest BCUT2D eigenvalue weighted by atomic mass is 32.2. The van der Waals surface area contributed by atoms with E-state index in [1.807, 2.05) is 84.9 Å². The summed E-state index contributed by atoms with van der Waals surface area (Å²) in [6.07, 6.45) is 0.190. The molecule has 1 saturated heterocycles. The summed E-state index contributed by atoms with van der Waals surface area (Å²) in [5.74, 6) is -0.775. The van der Waals surface area contributed by atoms with E-state index in [4.69, 9.17) is 15.2 Å². The number of nitrogens with two attached hydrogens (primary N) is 1. The molecule has 1 aliphatic heterocycles. The molecule has 0 aliphatic carbocycles. The number of carboxylic acid groups (broad SMARTS) is 1. The van der Waals surface area contributed by atoms with Crippen molar-refractivity contribution < 1.29 is 34.1 Å². The van der Waals surface area contributed by atoms with E-state index in [1.165, 1.54) is 11.8 Å². The number of amides is 2. The molecule has 0 unspecified atom stereocenters. The van der Waals surface area contributed by atoms with E-state index in [-0.39, 0.29) is 49.0 Å². The monoisotopic (exact) mass is 745 g/mol. The highest BCUT2D eigenvalue weighted by Gasteiger charge is 2.32. The van der Waals surface area contributed by atoms with Gasteiger partial charge in [-0.2, -0.15) is 0 Å². The third-order valence-electron chi connectivity index (χ3n) is 9.11. The second-order valence-electron chi connectivity index (χ2n) is 13.1. The summed E-state index contributed by atoms with van der Waals surface area (Å²) in [5, 5.41) is 25.0. The molecule has 11 heteroatoms. The van der Waals surface area contributed by atoms with Crippen molar-refractivity contribution in [2.24, 2.45) is 0 Å². The average molecular weight is 746 g/mol. The SMILES string of the molecule is Nc1ccccc1NC(=O)CCCC(=O)NCc1cccc(-c2cccc([C@H]3O[C@@H](CSc4ccccc4C(=O)O)C[C@@H](c4ccc(CO)cc4)O3)c2)c1. The minimum absolute atomic E-state index is 0.0492. The van der Waals surface area contributed by atoms with E-state index in [0.29, 0.717) is 41.4 Å². The molecule has 54 heavy (non-hydrogen) atoms. The Morgan fingerprint density at radius 3 is 2.26 bits per heavy atom. The smallest absolute Gasteiger partial charge is 0.336 e. The van der Waals surface area contributed by atoms with E-state index in [0.717, 1.165) is 33.4 Å². The fraction of sp³-hybridized carbons (Fsp3) is 0.233. The van der Waals surface area contributed by atoms with Crippen LogP contribution in [0.25, 0.3) is 11.1 Å². The number of para-hydroxylation sites is 2. The molecule has 0 bridgehead atoms. The first kappa shape index (κ1) is 38.3. The second kappa shape index (κ2) is 18.5. The summed E-state index contributed by atoms with van der Waals surface area (Å²) >= 11 is 1.45. The van der Waals surface area contributed by atoms with Crippen LogP contribution >= 0.6 is 11.8 Å². The Kier molecular flexibility index (Phi) is 13.1. The number of hydrogen-bond acceptors (Lipinski definition) is 8. The molecular weight excluding hydrogens is 703 g/mol. The number of aliphatic hydroxyl groups is 1. The molecule has 5 aromatic rings. The zero-order valence-electron chi connectivity index (χ0n) is 29.7. The number of carbonyl (C=O) groups is 3. The number of anilines is 2. The number of rotatable bonds is 15. The van der Waals surface area contributed by atoms with Gasteiger partial charge in [0.1, 0.15) is 0 Å². The van der Waals surface area contributed by atoms with Crippen LogP contribution in [0.4, 0.5) is 11.4 Å². The number of ether oxygens (including phenoxy) is 2. The Morgan fingerprint density at radius 1 is 0.759 bits per heavy atom. The van der Waals surface area contributed by atoms with Gasteiger partial charge in [-0.3, -0.25) is 9.59 Å². The average Bonchev–Trinajstić information content (AvgIpc) is 3.20. The molecule has 0 spiro atoms. The molecule has 3 atom stereocenters. The van der Waals surface area contributed by atoms with Gasteiger partial charge in [0, 0.05) is 42.0 Å². The van der Waals surface area contributed by atoms with Crippen molar-refractivity contribution >= 4 is 40.9 Å². The van der Waals surface area contributed by atoms with Crippen LogP contribution in [0.5, 0.6) is 0 Å². The van der Waals surface area contributed by atoms with Gasteiger partial charge in [0.2, 0.25) is 11.8 Å². The summed E-state index contributed by atoms with van der Waals surface area (Å²) in [6, 6.07) is 37.6. The summed E-state index contributed by atoms with van der Waals surface area (Å²) in [6.45, 7) is 0.293. The van der Waals surface area contributed by atoms with Crippen molar-refractivity contribution in [1.82, 2.24) is 5.32 Å². The number of thioether (sulfide) groups is 1. The third kappa shape index (κ3) is 10.4. The van der Waals surface area contributed by atoms with Gasteiger partial charge in [-0.15, -0.1) is 11.8 Å². The zero-order valence-corrected chi connectivity index (χ0v) is 30.5. The summed E-state index contributed by atoms with van der Waals surface area (Å²) < 4.78 is 13.1. The van der Waals surface area contributed by atoms with Crippen molar-refractivity contribution in [3.63, 3.8) is 0 Å². The van der Waals surface area contributed by atoms with E-state index < -0.39 is 12.3 Å². The quantitative estimate of drug-likeness (QED) is 0.0531. The van der Waals surface area contributed by atoms with Crippen LogP contribution < -0.4 is 16.4 Å². The first-order valence-electron chi connectivity index (χ1n) is 17.8. The van der Waals surface area contributed by atoms with Crippen molar-refractivity contribution in [1.29, 1.82) is 0 Å². The summed E-state index contributed by atoms with van der Waals surface area (Å²) in [4.78, 5) is 37.4. The number of benzene rings is 5. The van der Waals surface area contributed by atoms with Crippen LogP contribution in [0.1, 0.15) is 70.7 Å². The Labute approximate surface area is 318 Å². The molecule has 0 aromatic heterocycles. The molecule has 0 saturated carbocycles. The highest BCUT2D eigenvalue weighted by molar-refractivity contribution is 7.99. The van der Waals surface area contributed by atoms with Crippen LogP contribution in [0, 0.1) is 0 Å². The lowest BCUT2D eigenvalue weighted by molar-refractivity contribution is -0.245. The normalized spacial score (nSPS) is 16.7. The maximum absolute atomic E-state index is 12.6. The van der Waals surface area contributed by atoms with E-state index in [9.17, 15) is 24.6 Å². The fourth-order valence-corrected chi connectivity index (χ4v) is 7.29. The standard InChI is InChI=1S/C43H43N3O7S/c44-36-13-2-3-14-37(36)46-41(49)17-7-16-40(48)45-25-29-8-5-9-31(22-29)32-10-6-11-33(23-32)43-52-34(27-54-39-15-4-1-12-35(39)42(50)51)24-38(53-43)30-20-18-28(26-47)19-21-30/h1-6,8-15,18-23,34,38,43,47H,7,16-17,24-27,44H2,(H,45,48)(H,46,49)(H,50,51)/t34-,38+,43+/m1/s1. The maximum Gasteiger partial charge on any atom is 0.336 e. The van der Waals surface area contributed by atoms with Gasteiger partial charge in [-0.05, 0) is 70.6 Å². The van der Waals surface area contributed by atoms with E-state index >= 15 is 0 Å². The van der Waals surface area contributed by atoms with Crippen molar-refractivity contribution in [3.05, 3.63) is 149 Å². The van der Waals surface area contributed by atoms with Gasteiger partial charge in [-0.1, -0.05) is 84.9 Å². The number of nitrogen functional groups attached to an aromatic ring is 1. The molecule has 6 N–H and O–H groups in total. The Balaban J connectivity index is 1.09. The van der Waals surface area contributed by atoms with Crippen LogP contribution in [0.15, 0.2) is 126 Å². The summed E-state index contributed by atoms with van der Waals surface area (Å²) in [7, 11) is 0. The summed E-state index contributed by atoms with van der Waals surface area (Å²) in [5.41, 5.74) is 12.7. The van der Waals surface area contributed by atoms with Gasteiger partial charge in [-0.25, -0.2) is 4.79 Å². The van der Waals surface area contributed by atoms with Gasteiger partial charge in [0.25, 0.3) is 0 Å². The molecule has 1 heterocycles. The molecule has 0 radical (unpaired) electrons. The number of hydrogen-bond donors (Lipinski definition) is 5. The van der Waals surface area contributed by atoms with Crippen molar-refractivity contribution in [3.8, 4) is 11.1 Å². The molecule has 278 valence electrons. The van der Waals surface area contributed by atoms with Crippen molar-refractivity contribution in [2.75, 3.05) is 16.8 Å². The van der Waals surface area contributed by atoms with E-state index in [1.54, 1.807) is 36.4 Å². The number of aliphatic hydroxyl groups excluding tert-OH is 1. The van der Waals surface area contributed by atoms with E-state index in [2.05, 4.69) is 10.6 Å². The van der Waals surface area contributed by atoms with Crippen LogP contribution in [-0.4, -0.2) is 39.9 Å². The number of nitrogens with one attached hydrogen (secondary N) is 2. The Morgan fingerprint density at radius 2 is 1.48 bits per heavy atom. The van der Waals surface area contributed by atoms with Gasteiger partial charge < -0.3 is 36.1 Å². The first-order valence-corrected chi connectivity index (χ1v) is 18.8. The van der Waals surface area contributed by atoms with Crippen LogP contribution in [0.3, 0.4) is 0 Å². The lowest BCUT2D eigenvalue weighted by atomic mass is 9.99. The van der Waals surface area contributed by atoms with Gasteiger partial charge in [0.05, 0.1) is 35.8 Å². The minimum atomic E-state index is -0.971. The predicted octanol–water partition coefficient (Wildman–Crippen LogP) is 7.89. The van der Waals surface area contributed by atoms with Crippen LogP contribution in [0.2, 0.25) is 0 Å². The number of carboxylic acids is 1. The zero-order chi connectivity index (χ0) is 37.9. The third-order valence-corrected chi connectivity index (χ3v) is 10.3. The second-order valence-corrected chi connectivity index (χ2v) is 14.1. The Hall–Kier alpha value is -5.46. The van der Waals surface area contributed by atoms with Gasteiger partial charge in [0.15, 0.2) is 6.29 Å². The topological polar surface area (TPSA) is 160 Å². The molecule has 2 amide bonds. The van der Waals surface area contributed by atoms with Gasteiger partial charge >= 0.3 is 5.97 Å². The number of carbonyl (C=O) groups excluding carboxylic acids is 2. The lowest BCUT2D eigenvalue weighted by Gasteiger charge is -2.36. The van der Waals surface area contributed by atoms with Crippen LogP contribution in [-0.2, 0) is 32.2 Å². The number of aromatic carboxylic acids is 1. The Bertz CT molecular complexity index is 2070. The predicted molar refractivity (Wildman–Crippen MR) is 210 cm³/mol. The molecule has 6 rings (SSSR count). The highest BCUT2D eigenvalue weighted by Crippen LogP contribution is 2.40. The molecule has 5 aromatic carbocycles. The fourth-order valence-electron chi connectivity index (χ4n) is 6.22. The molecular formula is C43H43N3O7S. The van der Waals surface area contributed by atoms with Crippen molar-refractivity contribution in [2.45, 2.75) is 62.2 Å². The molecule has 1 aliphatic rings. The maximum atomic E-state index is 12.6. The molecule has 1 fully saturated rings. The molecule has 10 nitrogen and oxygen atoms in total. The first-order chi connectivity index (χ1) is 26.2.